The molecule has 0 saturated heterocycles. The highest BCUT2D eigenvalue weighted by Gasteiger charge is 2.13. The van der Waals surface area contributed by atoms with Crippen molar-refractivity contribution in [2.45, 2.75) is 19.5 Å². The van der Waals surface area contributed by atoms with Gasteiger partial charge in [-0.3, -0.25) is 4.79 Å². The molecule has 4 heteroatoms. The first-order chi connectivity index (χ1) is 8.69. The second-order valence-corrected chi connectivity index (χ2v) is 4.41. The molecule has 0 aliphatic carbocycles. The number of aromatic nitrogens is 1. The number of nitrogens with zero attached hydrogens (tertiary/aromatic N) is 1. The van der Waals surface area contributed by atoms with Gasteiger partial charge in [-0.2, -0.15) is 0 Å². The molecule has 0 saturated carbocycles. The van der Waals surface area contributed by atoms with Gasteiger partial charge in [0.25, 0.3) is 5.56 Å². The van der Waals surface area contributed by atoms with Crippen LogP contribution in [0.2, 0.25) is 0 Å². The number of nitrogens with two attached hydrogens (primary N) is 1. The standard InChI is InChI=1S/C14H18N2O2/c1-10(9-18-2)16-13-6-4-3-5-11(13)7-12(8-15)14(16)17/h3-7,10H,8-9,15H2,1-2H3. The molecular weight excluding hydrogens is 228 g/mol. The van der Waals surface area contributed by atoms with E-state index in [0.717, 1.165) is 10.9 Å². The number of ether oxygens (including phenoxy) is 1. The molecule has 0 fully saturated rings. The normalized spacial score (nSPS) is 12.8. The smallest absolute Gasteiger partial charge is 0.255 e. The molecule has 18 heavy (non-hydrogen) atoms. The molecule has 1 aromatic heterocycles. The van der Waals surface area contributed by atoms with E-state index in [1.165, 1.54) is 0 Å². The zero-order chi connectivity index (χ0) is 13.1. The quantitative estimate of drug-likeness (QED) is 0.892. The third-order valence-corrected chi connectivity index (χ3v) is 3.09. The van der Waals surface area contributed by atoms with Crippen LogP contribution < -0.4 is 11.3 Å². The lowest BCUT2D eigenvalue weighted by atomic mass is 10.1. The maximum Gasteiger partial charge on any atom is 0.255 e. The van der Waals surface area contributed by atoms with Gasteiger partial charge < -0.3 is 15.0 Å². The van der Waals surface area contributed by atoms with E-state index < -0.39 is 0 Å². The molecule has 0 bridgehead atoms. The van der Waals surface area contributed by atoms with Crippen molar-refractivity contribution in [1.29, 1.82) is 0 Å². The minimum absolute atomic E-state index is 0.0149. The Hall–Kier alpha value is -1.65. The Balaban J connectivity index is 2.74. The van der Waals surface area contributed by atoms with Crippen molar-refractivity contribution in [3.63, 3.8) is 0 Å². The molecule has 0 aliphatic rings. The fourth-order valence-corrected chi connectivity index (χ4v) is 2.24. The van der Waals surface area contributed by atoms with Gasteiger partial charge in [0.1, 0.15) is 0 Å². The Morgan fingerprint density at radius 2 is 2.11 bits per heavy atom. The number of pyridine rings is 1. The first-order valence-electron chi connectivity index (χ1n) is 6.01. The molecule has 4 nitrogen and oxygen atoms in total. The third-order valence-electron chi connectivity index (χ3n) is 3.09. The van der Waals surface area contributed by atoms with Crippen LogP contribution in [0.3, 0.4) is 0 Å². The first-order valence-corrected chi connectivity index (χ1v) is 6.01. The number of benzene rings is 1. The minimum Gasteiger partial charge on any atom is -0.383 e. The van der Waals surface area contributed by atoms with Crippen LogP contribution in [0.25, 0.3) is 10.9 Å². The number of methoxy groups -OCH3 is 1. The molecule has 2 rings (SSSR count). The van der Waals surface area contributed by atoms with Gasteiger partial charge in [-0.1, -0.05) is 18.2 Å². The summed E-state index contributed by atoms with van der Waals surface area (Å²) in [6.07, 6.45) is 0. The van der Waals surface area contributed by atoms with Crippen LogP contribution in [0.15, 0.2) is 35.1 Å². The van der Waals surface area contributed by atoms with E-state index in [1.54, 1.807) is 11.7 Å². The van der Waals surface area contributed by atoms with E-state index in [9.17, 15) is 4.79 Å². The van der Waals surface area contributed by atoms with Crippen molar-refractivity contribution in [2.24, 2.45) is 5.73 Å². The van der Waals surface area contributed by atoms with Gasteiger partial charge >= 0.3 is 0 Å². The summed E-state index contributed by atoms with van der Waals surface area (Å²) in [5, 5.41) is 1.03. The lowest BCUT2D eigenvalue weighted by molar-refractivity contribution is 0.162. The Morgan fingerprint density at radius 1 is 1.39 bits per heavy atom. The molecule has 1 unspecified atom stereocenters. The number of fused-ring (bicyclic) bond motifs is 1. The second-order valence-electron chi connectivity index (χ2n) is 4.41. The van der Waals surface area contributed by atoms with E-state index in [4.69, 9.17) is 10.5 Å². The largest absolute Gasteiger partial charge is 0.383 e. The summed E-state index contributed by atoms with van der Waals surface area (Å²) in [4.78, 5) is 12.4. The lowest BCUT2D eigenvalue weighted by Gasteiger charge is -2.18. The summed E-state index contributed by atoms with van der Waals surface area (Å²) in [5.74, 6) is 0. The number of hydrogen-bond donors (Lipinski definition) is 1. The Bertz CT molecular complexity index is 604. The van der Waals surface area contributed by atoms with E-state index in [-0.39, 0.29) is 18.1 Å². The SMILES string of the molecule is COCC(C)n1c(=O)c(CN)cc2ccccc21. The summed E-state index contributed by atoms with van der Waals surface area (Å²) in [7, 11) is 1.64. The first kappa shape index (κ1) is 12.8. The van der Waals surface area contributed by atoms with Crippen LogP contribution in [-0.2, 0) is 11.3 Å². The van der Waals surface area contributed by atoms with Crippen molar-refractivity contribution in [1.82, 2.24) is 4.57 Å². The summed E-state index contributed by atoms with van der Waals surface area (Å²) in [6, 6.07) is 9.68. The lowest BCUT2D eigenvalue weighted by Crippen LogP contribution is -2.29. The second kappa shape index (κ2) is 5.33. The van der Waals surface area contributed by atoms with E-state index in [1.807, 2.05) is 37.3 Å². The third kappa shape index (κ3) is 2.17. The molecule has 0 spiro atoms. The van der Waals surface area contributed by atoms with Crippen molar-refractivity contribution < 1.29 is 4.74 Å². The zero-order valence-electron chi connectivity index (χ0n) is 10.7. The average Bonchev–Trinajstić information content (AvgIpc) is 2.38. The molecular formula is C14H18N2O2. The fraction of sp³-hybridized carbons (Fsp3) is 0.357. The topological polar surface area (TPSA) is 57.2 Å². The molecule has 2 aromatic rings. The molecule has 0 amide bonds. The van der Waals surface area contributed by atoms with Gasteiger partial charge in [-0.15, -0.1) is 0 Å². The summed E-state index contributed by atoms with van der Waals surface area (Å²) in [6.45, 7) is 2.72. The molecule has 2 N–H and O–H groups in total. The molecule has 96 valence electrons. The molecule has 0 radical (unpaired) electrons. The van der Waals surface area contributed by atoms with Crippen molar-refractivity contribution in [3.8, 4) is 0 Å². The summed E-state index contributed by atoms with van der Waals surface area (Å²) in [5.41, 5.74) is 7.17. The number of para-hydroxylation sites is 1. The van der Waals surface area contributed by atoms with Gasteiger partial charge in [0.2, 0.25) is 0 Å². The van der Waals surface area contributed by atoms with Crippen molar-refractivity contribution in [3.05, 3.63) is 46.2 Å². The van der Waals surface area contributed by atoms with Crippen molar-refractivity contribution in [2.75, 3.05) is 13.7 Å². The van der Waals surface area contributed by atoms with Gasteiger partial charge in [0.15, 0.2) is 0 Å². The number of hydrogen-bond acceptors (Lipinski definition) is 3. The Morgan fingerprint density at radius 3 is 2.78 bits per heavy atom. The van der Waals surface area contributed by atoms with Crippen LogP contribution in [0, 0.1) is 0 Å². The summed E-state index contributed by atoms with van der Waals surface area (Å²) >= 11 is 0. The highest BCUT2D eigenvalue weighted by molar-refractivity contribution is 5.79. The zero-order valence-corrected chi connectivity index (χ0v) is 10.7. The van der Waals surface area contributed by atoms with Crippen LogP contribution in [0.5, 0.6) is 0 Å². The Labute approximate surface area is 106 Å². The predicted octanol–water partition coefficient (Wildman–Crippen LogP) is 1.67. The maximum atomic E-state index is 12.4. The molecule has 1 heterocycles. The fourth-order valence-electron chi connectivity index (χ4n) is 2.24. The minimum atomic E-state index is -0.0271. The van der Waals surface area contributed by atoms with Crippen LogP contribution >= 0.6 is 0 Å². The number of rotatable bonds is 4. The van der Waals surface area contributed by atoms with E-state index in [2.05, 4.69) is 0 Å². The predicted molar refractivity (Wildman–Crippen MR) is 72.7 cm³/mol. The Kier molecular flexibility index (Phi) is 3.79. The highest BCUT2D eigenvalue weighted by atomic mass is 16.5. The monoisotopic (exact) mass is 246 g/mol. The maximum absolute atomic E-state index is 12.4. The van der Waals surface area contributed by atoms with Crippen molar-refractivity contribution >= 4 is 10.9 Å². The summed E-state index contributed by atoms with van der Waals surface area (Å²) < 4.78 is 6.91. The average molecular weight is 246 g/mol. The molecule has 1 aromatic carbocycles. The van der Waals surface area contributed by atoms with Crippen LogP contribution in [0.4, 0.5) is 0 Å². The van der Waals surface area contributed by atoms with E-state index >= 15 is 0 Å². The van der Waals surface area contributed by atoms with Crippen LogP contribution in [-0.4, -0.2) is 18.3 Å². The highest BCUT2D eigenvalue weighted by Crippen LogP contribution is 2.17. The van der Waals surface area contributed by atoms with Gasteiger partial charge in [-0.25, -0.2) is 0 Å². The van der Waals surface area contributed by atoms with E-state index in [0.29, 0.717) is 12.2 Å². The molecule has 0 aliphatic heterocycles. The van der Waals surface area contributed by atoms with Gasteiger partial charge in [-0.05, 0) is 24.4 Å². The van der Waals surface area contributed by atoms with Crippen LogP contribution in [0.1, 0.15) is 18.5 Å². The van der Waals surface area contributed by atoms with Gasteiger partial charge in [0, 0.05) is 19.2 Å². The van der Waals surface area contributed by atoms with Gasteiger partial charge in [0.05, 0.1) is 18.2 Å². The molecule has 1 atom stereocenters.